The van der Waals surface area contributed by atoms with Crippen molar-refractivity contribution in [3.8, 4) is 0 Å². The maximum Gasteiger partial charge on any atom is 0.191 e. The smallest absolute Gasteiger partial charge is 0.191 e. The third-order valence-electron chi connectivity index (χ3n) is 4.74. The molecular weight excluding hydrogens is 477 g/mol. The molecule has 0 amide bonds. The molecule has 0 aliphatic carbocycles. The zero-order chi connectivity index (χ0) is 19.2. The van der Waals surface area contributed by atoms with Crippen molar-refractivity contribution in [1.82, 2.24) is 20.4 Å². The van der Waals surface area contributed by atoms with E-state index in [2.05, 4.69) is 25.6 Å². The van der Waals surface area contributed by atoms with E-state index in [4.69, 9.17) is 0 Å². The minimum atomic E-state index is -0.424. The molecule has 1 fully saturated rings. The van der Waals surface area contributed by atoms with E-state index in [0.29, 0.717) is 24.5 Å². The number of guanidine groups is 1. The maximum atomic E-state index is 13.7. The van der Waals surface area contributed by atoms with Crippen molar-refractivity contribution in [2.45, 2.75) is 25.3 Å². The second-order valence-electron chi connectivity index (χ2n) is 6.79. The van der Waals surface area contributed by atoms with Gasteiger partial charge < -0.3 is 15.5 Å². The van der Waals surface area contributed by atoms with Crippen molar-refractivity contribution in [3.63, 3.8) is 0 Å². The standard InChI is InChI=1S/C19H26F2N6.HI/c1-22-19(23-8-7-14-10-15(20)5-6-18(14)21)25-16-4-3-9-27(12-16)17-11-24-26(2)13-17;/h5-6,10-11,13,16H,3-4,7-9,12H2,1-2H3,(H2,22,23,25);1H. The fourth-order valence-electron chi connectivity index (χ4n) is 3.34. The summed E-state index contributed by atoms with van der Waals surface area (Å²) < 4.78 is 28.8. The van der Waals surface area contributed by atoms with Crippen LogP contribution in [-0.4, -0.2) is 48.5 Å². The minimum absolute atomic E-state index is 0. The highest BCUT2D eigenvalue weighted by atomic mass is 127. The summed E-state index contributed by atoms with van der Waals surface area (Å²) in [4.78, 5) is 6.56. The molecule has 1 aliphatic heterocycles. The lowest BCUT2D eigenvalue weighted by Crippen LogP contribution is -2.51. The number of anilines is 1. The Kier molecular flexibility index (Phi) is 8.46. The third kappa shape index (κ3) is 6.05. The van der Waals surface area contributed by atoms with Crippen LogP contribution in [0.25, 0.3) is 0 Å². The number of aryl methyl sites for hydroxylation is 1. The van der Waals surface area contributed by atoms with Gasteiger partial charge in [0.25, 0.3) is 0 Å². The summed E-state index contributed by atoms with van der Waals surface area (Å²) in [5, 5.41) is 10.8. The zero-order valence-electron chi connectivity index (χ0n) is 16.2. The van der Waals surface area contributed by atoms with Gasteiger partial charge in [-0.2, -0.15) is 5.10 Å². The van der Waals surface area contributed by atoms with Gasteiger partial charge in [0.1, 0.15) is 11.6 Å². The molecule has 1 aromatic heterocycles. The number of rotatable bonds is 5. The first-order valence-corrected chi connectivity index (χ1v) is 9.20. The Morgan fingerprint density at radius 3 is 2.89 bits per heavy atom. The van der Waals surface area contributed by atoms with Gasteiger partial charge in [-0.1, -0.05) is 0 Å². The van der Waals surface area contributed by atoms with Crippen LogP contribution in [-0.2, 0) is 13.5 Å². The van der Waals surface area contributed by atoms with Crippen LogP contribution in [0.3, 0.4) is 0 Å². The van der Waals surface area contributed by atoms with Gasteiger partial charge >= 0.3 is 0 Å². The Morgan fingerprint density at radius 2 is 2.18 bits per heavy atom. The molecule has 28 heavy (non-hydrogen) atoms. The van der Waals surface area contributed by atoms with E-state index in [-0.39, 0.29) is 35.8 Å². The second-order valence-corrected chi connectivity index (χ2v) is 6.79. The van der Waals surface area contributed by atoms with Crippen molar-refractivity contribution in [1.29, 1.82) is 0 Å². The number of hydrogen-bond acceptors (Lipinski definition) is 3. The predicted octanol–water partition coefficient (Wildman–Crippen LogP) is 2.69. The summed E-state index contributed by atoms with van der Waals surface area (Å²) in [6.07, 6.45) is 6.41. The van der Waals surface area contributed by atoms with Gasteiger partial charge in [0, 0.05) is 46.0 Å². The molecule has 0 saturated carbocycles. The Hall–Kier alpha value is -1.91. The van der Waals surface area contributed by atoms with Crippen LogP contribution < -0.4 is 15.5 Å². The SMILES string of the molecule is CN=C(NCCc1cc(F)ccc1F)NC1CCCN(c2cnn(C)c2)C1.I. The topological polar surface area (TPSA) is 57.5 Å². The van der Waals surface area contributed by atoms with Gasteiger partial charge in [-0.3, -0.25) is 9.67 Å². The normalized spacial score (nSPS) is 17.2. The fraction of sp³-hybridized carbons (Fsp3) is 0.474. The van der Waals surface area contributed by atoms with Crippen LogP contribution in [0.2, 0.25) is 0 Å². The summed E-state index contributed by atoms with van der Waals surface area (Å²) >= 11 is 0. The molecule has 1 unspecified atom stereocenters. The number of nitrogens with one attached hydrogen (secondary N) is 2. The molecule has 2 heterocycles. The van der Waals surface area contributed by atoms with E-state index in [1.165, 1.54) is 6.07 Å². The van der Waals surface area contributed by atoms with E-state index >= 15 is 0 Å². The van der Waals surface area contributed by atoms with Crippen LogP contribution >= 0.6 is 24.0 Å². The van der Waals surface area contributed by atoms with Gasteiger partial charge in [-0.25, -0.2) is 8.78 Å². The molecule has 0 spiro atoms. The van der Waals surface area contributed by atoms with E-state index < -0.39 is 5.82 Å². The number of aliphatic imine (C=N–C) groups is 1. The maximum absolute atomic E-state index is 13.7. The lowest BCUT2D eigenvalue weighted by molar-refractivity contribution is 0.468. The molecule has 6 nitrogen and oxygen atoms in total. The second kappa shape index (κ2) is 10.6. The summed E-state index contributed by atoms with van der Waals surface area (Å²) in [5.74, 6) is -0.142. The highest BCUT2D eigenvalue weighted by Gasteiger charge is 2.21. The Balaban J connectivity index is 0.00000280. The summed E-state index contributed by atoms with van der Waals surface area (Å²) in [6.45, 7) is 2.35. The molecular formula is C19H27F2IN6. The number of piperidine rings is 1. The lowest BCUT2D eigenvalue weighted by atomic mass is 10.1. The zero-order valence-corrected chi connectivity index (χ0v) is 18.5. The molecule has 154 valence electrons. The molecule has 1 aliphatic rings. The first-order chi connectivity index (χ1) is 13.0. The predicted molar refractivity (Wildman–Crippen MR) is 118 cm³/mol. The molecule has 2 N–H and O–H groups in total. The first-order valence-electron chi connectivity index (χ1n) is 9.20. The Bertz CT molecular complexity index is 794. The average molecular weight is 504 g/mol. The average Bonchev–Trinajstić information content (AvgIpc) is 3.10. The van der Waals surface area contributed by atoms with Crippen molar-refractivity contribution in [2.24, 2.45) is 12.0 Å². The highest BCUT2D eigenvalue weighted by Crippen LogP contribution is 2.19. The molecule has 1 atom stereocenters. The summed E-state index contributed by atoms with van der Waals surface area (Å²) in [7, 11) is 3.62. The van der Waals surface area contributed by atoms with Gasteiger partial charge in [0.15, 0.2) is 5.96 Å². The Morgan fingerprint density at radius 1 is 1.36 bits per heavy atom. The minimum Gasteiger partial charge on any atom is -0.367 e. The van der Waals surface area contributed by atoms with Crippen LogP contribution in [0.15, 0.2) is 35.6 Å². The lowest BCUT2D eigenvalue weighted by Gasteiger charge is -2.34. The van der Waals surface area contributed by atoms with Gasteiger partial charge in [-0.05, 0) is 43.0 Å². The number of nitrogens with zero attached hydrogens (tertiary/aromatic N) is 4. The van der Waals surface area contributed by atoms with Crippen LogP contribution in [0.5, 0.6) is 0 Å². The monoisotopic (exact) mass is 504 g/mol. The molecule has 1 aromatic carbocycles. The number of aromatic nitrogens is 2. The molecule has 3 rings (SSSR count). The van der Waals surface area contributed by atoms with Crippen molar-refractivity contribution < 1.29 is 8.78 Å². The van der Waals surface area contributed by atoms with Crippen molar-refractivity contribution >= 4 is 35.6 Å². The summed E-state index contributed by atoms with van der Waals surface area (Å²) in [6, 6.07) is 3.78. The van der Waals surface area contributed by atoms with E-state index in [9.17, 15) is 8.78 Å². The third-order valence-corrected chi connectivity index (χ3v) is 4.74. The van der Waals surface area contributed by atoms with Crippen LogP contribution in [0.1, 0.15) is 18.4 Å². The van der Waals surface area contributed by atoms with Crippen LogP contribution in [0, 0.1) is 11.6 Å². The number of hydrogen-bond donors (Lipinski definition) is 2. The van der Waals surface area contributed by atoms with Gasteiger partial charge in [0.05, 0.1) is 11.9 Å². The quantitative estimate of drug-likeness (QED) is 0.374. The van der Waals surface area contributed by atoms with Gasteiger partial charge in [0.2, 0.25) is 0 Å². The molecule has 0 bridgehead atoms. The van der Waals surface area contributed by atoms with Crippen molar-refractivity contribution in [3.05, 3.63) is 47.8 Å². The number of benzene rings is 1. The molecule has 2 aromatic rings. The molecule has 1 saturated heterocycles. The Labute approximate surface area is 181 Å². The van der Waals surface area contributed by atoms with E-state index in [1.807, 2.05) is 19.4 Å². The largest absolute Gasteiger partial charge is 0.367 e. The first kappa shape index (κ1) is 22.4. The fourth-order valence-corrected chi connectivity index (χ4v) is 3.34. The van der Waals surface area contributed by atoms with Crippen molar-refractivity contribution in [2.75, 3.05) is 31.6 Å². The summed E-state index contributed by atoms with van der Waals surface area (Å²) in [5.41, 5.74) is 1.48. The van der Waals surface area contributed by atoms with E-state index in [0.717, 1.165) is 43.8 Å². The van der Waals surface area contributed by atoms with E-state index in [1.54, 1.807) is 11.7 Å². The molecule has 0 radical (unpaired) electrons. The highest BCUT2D eigenvalue weighted by molar-refractivity contribution is 14.0. The van der Waals surface area contributed by atoms with Crippen LogP contribution in [0.4, 0.5) is 14.5 Å². The number of halogens is 3. The van der Waals surface area contributed by atoms with Gasteiger partial charge in [-0.15, -0.1) is 24.0 Å². The molecule has 9 heteroatoms.